The summed E-state index contributed by atoms with van der Waals surface area (Å²) in [6.07, 6.45) is -1.21. The Morgan fingerprint density at radius 3 is 2.62 bits per heavy atom. The monoisotopic (exact) mass is 247 g/mol. The van der Waals surface area contributed by atoms with Gasteiger partial charge in [-0.05, 0) is 12.1 Å². The summed E-state index contributed by atoms with van der Waals surface area (Å²) < 4.78 is 3.40. The zero-order chi connectivity index (χ0) is 12.1. The van der Waals surface area contributed by atoms with Crippen molar-refractivity contribution < 1.29 is 19.8 Å². The first-order valence-electron chi connectivity index (χ1n) is 4.14. The molecule has 9 nitrogen and oxygen atoms in total. The number of amides is 2. The number of carbonyl (C=O) groups excluding carboxylic acids is 1. The molecular weight excluding hydrogens is 238 g/mol. The molecule has 0 radical (unpaired) electrons. The van der Waals surface area contributed by atoms with Crippen LogP contribution < -0.4 is 10.6 Å². The highest BCUT2D eigenvalue weighted by Crippen LogP contribution is 2.04. The van der Waals surface area contributed by atoms with E-state index in [2.05, 4.69) is 25.4 Å². The molecule has 88 valence electrons. The van der Waals surface area contributed by atoms with Crippen LogP contribution in [0.25, 0.3) is 0 Å². The average Bonchev–Trinajstić information content (AvgIpc) is 2.65. The number of rotatable bonds is 4. The Kier molecular flexibility index (Phi) is 4.08. The van der Waals surface area contributed by atoms with E-state index in [4.69, 9.17) is 10.2 Å². The van der Waals surface area contributed by atoms with Crippen molar-refractivity contribution in [3.63, 3.8) is 0 Å². The van der Waals surface area contributed by atoms with E-state index in [0.29, 0.717) is 0 Å². The van der Waals surface area contributed by atoms with Crippen LogP contribution in [0.3, 0.4) is 0 Å². The molecule has 16 heavy (non-hydrogen) atoms. The maximum absolute atomic E-state index is 11.2. The van der Waals surface area contributed by atoms with Crippen molar-refractivity contribution in [1.29, 1.82) is 0 Å². The topological polar surface area (TPSA) is 137 Å². The van der Waals surface area contributed by atoms with Crippen LogP contribution in [0.1, 0.15) is 6.92 Å². The van der Waals surface area contributed by atoms with Crippen molar-refractivity contribution in [1.82, 2.24) is 20.1 Å². The first kappa shape index (κ1) is 12.3. The van der Waals surface area contributed by atoms with Crippen molar-refractivity contribution >= 4 is 28.7 Å². The number of carboxylic acid groups (broad SMARTS) is 1. The predicted molar refractivity (Wildman–Crippen MR) is 53.0 cm³/mol. The van der Waals surface area contributed by atoms with Gasteiger partial charge in [0.1, 0.15) is 0 Å². The Bertz CT molecular complexity index is 367. The van der Waals surface area contributed by atoms with Gasteiger partial charge < -0.3 is 15.5 Å². The Morgan fingerprint density at radius 1 is 1.50 bits per heavy atom. The van der Waals surface area contributed by atoms with Crippen LogP contribution in [-0.4, -0.2) is 49.2 Å². The van der Waals surface area contributed by atoms with E-state index in [0.717, 1.165) is 11.5 Å². The summed E-state index contributed by atoms with van der Waals surface area (Å²) in [5, 5.41) is 28.9. The van der Waals surface area contributed by atoms with E-state index in [1.165, 1.54) is 6.92 Å². The average molecular weight is 247 g/mol. The molecule has 0 bridgehead atoms. The van der Waals surface area contributed by atoms with Crippen molar-refractivity contribution in [2.45, 2.75) is 19.1 Å². The Balaban J connectivity index is 2.52. The van der Waals surface area contributed by atoms with Gasteiger partial charge in [-0.25, -0.2) is 9.59 Å². The quantitative estimate of drug-likeness (QED) is 0.529. The Labute approximate surface area is 93.6 Å². The van der Waals surface area contributed by atoms with Crippen LogP contribution >= 0.6 is 11.5 Å². The minimum absolute atomic E-state index is 0.132. The number of carboxylic acids is 1. The highest BCUT2D eigenvalue weighted by molar-refractivity contribution is 7.09. The van der Waals surface area contributed by atoms with Crippen molar-refractivity contribution in [3.8, 4) is 0 Å². The number of urea groups is 1. The molecule has 0 aliphatic rings. The van der Waals surface area contributed by atoms with Crippen LogP contribution in [0.5, 0.6) is 0 Å². The Hall–Kier alpha value is -1.81. The molecule has 4 N–H and O–H groups in total. The molecule has 1 rings (SSSR count). The number of aliphatic carboxylic acids is 1. The van der Waals surface area contributed by atoms with E-state index < -0.39 is 24.1 Å². The second-order valence-corrected chi connectivity index (χ2v) is 3.56. The highest BCUT2D eigenvalue weighted by Gasteiger charge is 2.25. The molecule has 0 aromatic carbocycles. The molecule has 2 unspecified atom stereocenters. The van der Waals surface area contributed by atoms with Gasteiger partial charge in [0.05, 0.1) is 6.10 Å². The largest absolute Gasteiger partial charge is 0.480 e. The highest BCUT2D eigenvalue weighted by atomic mass is 32.1. The lowest BCUT2D eigenvalue weighted by Gasteiger charge is -2.16. The third-order valence-electron chi connectivity index (χ3n) is 1.55. The molecule has 1 heterocycles. The van der Waals surface area contributed by atoms with E-state index in [1.807, 2.05) is 0 Å². The zero-order valence-electron chi connectivity index (χ0n) is 8.12. The van der Waals surface area contributed by atoms with Gasteiger partial charge in [0.25, 0.3) is 0 Å². The molecular formula is C6H9N5O4S. The van der Waals surface area contributed by atoms with Crippen molar-refractivity contribution in [3.05, 3.63) is 0 Å². The third-order valence-corrected chi connectivity index (χ3v) is 2.07. The number of aliphatic hydroxyl groups excluding tert-OH is 1. The summed E-state index contributed by atoms with van der Waals surface area (Å²) in [4.78, 5) is 21.9. The van der Waals surface area contributed by atoms with Crippen molar-refractivity contribution in [2.24, 2.45) is 0 Å². The molecule has 1 aromatic rings. The van der Waals surface area contributed by atoms with E-state index >= 15 is 0 Å². The van der Waals surface area contributed by atoms with Crippen LogP contribution in [0, 0.1) is 0 Å². The summed E-state index contributed by atoms with van der Waals surface area (Å²) >= 11 is 0.841. The first-order valence-corrected chi connectivity index (χ1v) is 4.91. The number of carbonyl (C=O) groups is 2. The second-order valence-electron chi connectivity index (χ2n) is 2.82. The predicted octanol–water partition coefficient (Wildman–Crippen LogP) is -1.11. The summed E-state index contributed by atoms with van der Waals surface area (Å²) in [6.45, 7) is 1.26. The fourth-order valence-corrected chi connectivity index (χ4v) is 1.21. The molecule has 1 aromatic heterocycles. The fraction of sp³-hybridized carbons (Fsp3) is 0.500. The molecule has 0 spiro atoms. The molecule has 0 aliphatic heterocycles. The van der Waals surface area contributed by atoms with Gasteiger partial charge in [-0.1, -0.05) is 9.59 Å². The smallest absolute Gasteiger partial charge is 0.328 e. The molecule has 0 saturated heterocycles. The summed E-state index contributed by atoms with van der Waals surface area (Å²) in [5.74, 6) is -1.33. The van der Waals surface area contributed by atoms with Gasteiger partial charge >= 0.3 is 12.0 Å². The summed E-state index contributed by atoms with van der Waals surface area (Å²) in [6, 6.07) is -2.19. The maximum Gasteiger partial charge on any atom is 0.328 e. The SMILES string of the molecule is CC(O)C(NC(=O)Nc1nnns1)C(=O)O. The Morgan fingerprint density at radius 2 is 2.19 bits per heavy atom. The van der Waals surface area contributed by atoms with Gasteiger partial charge in [-0.15, -0.1) is 0 Å². The number of hydrogen-bond donors (Lipinski definition) is 4. The van der Waals surface area contributed by atoms with Gasteiger partial charge in [0.2, 0.25) is 5.13 Å². The number of aliphatic hydroxyl groups is 1. The third kappa shape index (κ3) is 3.40. The molecule has 2 amide bonds. The van der Waals surface area contributed by atoms with Crippen LogP contribution in [0.2, 0.25) is 0 Å². The maximum atomic E-state index is 11.2. The van der Waals surface area contributed by atoms with Gasteiger partial charge in [-0.2, -0.15) is 0 Å². The van der Waals surface area contributed by atoms with Crippen molar-refractivity contribution in [2.75, 3.05) is 5.32 Å². The minimum Gasteiger partial charge on any atom is -0.480 e. The summed E-state index contributed by atoms with van der Waals surface area (Å²) in [5.41, 5.74) is 0. The number of nitrogens with one attached hydrogen (secondary N) is 2. The molecule has 10 heteroatoms. The number of anilines is 1. The molecule has 2 atom stereocenters. The lowest BCUT2D eigenvalue weighted by molar-refractivity contribution is -0.141. The molecule has 0 saturated carbocycles. The van der Waals surface area contributed by atoms with Gasteiger partial charge in [-0.3, -0.25) is 5.32 Å². The molecule has 0 fully saturated rings. The number of hydrogen-bond acceptors (Lipinski definition) is 7. The van der Waals surface area contributed by atoms with Crippen LogP contribution in [0.15, 0.2) is 0 Å². The van der Waals surface area contributed by atoms with Gasteiger partial charge in [0, 0.05) is 11.5 Å². The standard InChI is InChI=1S/C6H9N5O4S/c1-2(12)3(4(13)14)7-5(15)8-6-9-10-11-16-6/h2-3,12H,1H3,(H,13,14)(H2,7,8,9,11,15). The van der Waals surface area contributed by atoms with Gasteiger partial charge in [0.15, 0.2) is 6.04 Å². The van der Waals surface area contributed by atoms with E-state index in [9.17, 15) is 9.59 Å². The normalized spacial score (nSPS) is 13.9. The first-order chi connectivity index (χ1) is 7.50. The fourth-order valence-electron chi connectivity index (χ4n) is 0.845. The van der Waals surface area contributed by atoms with E-state index in [1.54, 1.807) is 0 Å². The molecule has 0 aliphatic carbocycles. The second kappa shape index (κ2) is 5.32. The van der Waals surface area contributed by atoms with Crippen LogP contribution in [-0.2, 0) is 4.79 Å². The van der Waals surface area contributed by atoms with Crippen LogP contribution in [0.4, 0.5) is 9.93 Å². The minimum atomic E-state index is -1.39. The number of nitrogens with zero attached hydrogens (tertiary/aromatic N) is 3. The van der Waals surface area contributed by atoms with E-state index in [-0.39, 0.29) is 5.13 Å². The zero-order valence-corrected chi connectivity index (χ0v) is 8.93. The summed E-state index contributed by atoms with van der Waals surface area (Å²) in [7, 11) is 0. The number of aromatic nitrogens is 3. The lowest BCUT2D eigenvalue weighted by Crippen LogP contribution is -2.49. The lowest BCUT2D eigenvalue weighted by atomic mass is 10.2.